The minimum atomic E-state index is 0.164. The number of hydrogen-bond donors (Lipinski definition) is 1. The molecule has 2 rings (SSSR count). The van der Waals surface area contributed by atoms with Gasteiger partial charge in [0.15, 0.2) is 0 Å². The zero-order valence-corrected chi connectivity index (χ0v) is 9.31. The van der Waals surface area contributed by atoms with E-state index in [9.17, 15) is 0 Å². The van der Waals surface area contributed by atoms with Crippen LogP contribution in [0.3, 0.4) is 0 Å². The highest BCUT2D eigenvalue weighted by atomic mass is 16.5. The summed E-state index contributed by atoms with van der Waals surface area (Å²) in [5.41, 5.74) is 0.585. The highest BCUT2D eigenvalue weighted by molar-refractivity contribution is 5.31. The summed E-state index contributed by atoms with van der Waals surface area (Å²) in [5.74, 6) is 0.542. The summed E-state index contributed by atoms with van der Waals surface area (Å²) in [5, 5.41) is 12.1. The van der Waals surface area contributed by atoms with E-state index in [2.05, 4.69) is 23.3 Å². The second-order valence-electron chi connectivity index (χ2n) is 4.12. The van der Waals surface area contributed by atoms with E-state index in [4.69, 9.17) is 10.00 Å². The molecule has 1 aromatic heterocycles. The van der Waals surface area contributed by atoms with E-state index in [0.717, 1.165) is 19.4 Å². The van der Waals surface area contributed by atoms with Crippen molar-refractivity contribution in [2.75, 3.05) is 6.54 Å². The smallest absolute Gasteiger partial charge is 0.214 e. The Bertz CT molecular complexity index is 391. The molecule has 0 saturated carbocycles. The third-order valence-electron chi connectivity index (χ3n) is 2.77. The minimum absolute atomic E-state index is 0.164. The molecule has 16 heavy (non-hydrogen) atoms. The van der Waals surface area contributed by atoms with Gasteiger partial charge in [-0.2, -0.15) is 5.26 Å². The van der Waals surface area contributed by atoms with E-state index in [1.54, 1.807) is 18.3 Å². The van der Waals surface area contributed by atoms with E-state index in [0.29, 0.717) is 17.5 Å². The molecule has 2 unspecified atom stereocenters. The van der Waals surface area contributed by atoms with Crippen LogP contribution in [-0.2, 0) is 0 Å². The predicted octanol–water partition coefficient (Wildman–Crippen LogP) is 1.47. The molecule has 0 radical (unpaired) electrons. The quantitative estimate of drug-likeness (QED) is 0.815. The fraction of sp³-hybridized carbons (Fsp3) is 0.500. The molecule has 2 heterocycles. The maximum atomic E-state index is 8.76. The number of nitriles is 1. The molecule has 1 saturated heterocycles. The number of pyridine rings is 1. The Morgan fingerprint density at radius 3 is 3.12 bits per heavy atom. The van der Waals surface area contributed by atoms with Crippen molar-refractivity contribution >= 4 is 0 Å². The first-order valence-corrected chi connectivity index (χ1v) is 5.54. The van der Waals surface area contributed by atoms with Gasteiger partial charge in [0.1, 0.15) is 6.10 Å². The van der Waals surface area contributed by atoms with Gasteiger partial charge in [-0.05, 0) is 25.8 Å². The van der Waals surface area contributed by atoms with Crippen LogP contribution in [0.1, 0.15) is 25.3 Å². The summed E-state index contributed by atoms with van der Waals surface area (Å²) in [6.45, 7) is 3.02. The molecule has 1 aliphatic rings. The third-order valence-corrected chi connectivity index (χ3v) is 2.77. The van der Waals surface area contributed by atoms with Crippen molar-refractivity contribution in [1.29, 1.82) is 5.26 Å². The van der Waals surface area contributed by atoms with Gasteiger partial charge in [-0.15, -0.1) is 0 Å². The van der Waals surface area contributed by atoms with Crippen LogP contribution in [0.5, 0.6) is 5.88 Å². The Balaban J connectivity index is 1.96. The topological polar surface area (TPSA) is 57.9 Å². The average Bonchev–Trinajstić information content (AvgIpc) is 2.32. The Morgan fingerprint density at radius 1 is 1.56 bits per heavy atom. The predicted molar refractivity (Wildman–Crippen MR) is 60.1 cm³/mol. The van der Waals surface area contributed by atoms with Gasteiger partial charge < -0.3 is 10.1 Å². The van der Waals surface area contributed by atoms with Crippen molar-refractivity contribution < 1.29 is 4.74 Å². The maximum absolute atomic E-state index is 8.76. The zero-order chi connectivity index (χ0) is 11.4. The van der Waals surface area contributed by atoms with Crippen molar-refractivity contribution in [3.63, 3.8) is 0 Å². The van der Waals surface area contributed by atoms with Gasteiger partial charge in [-0.1, -0.05) is 0 Å². The van der Waals surface area contributed by atoms with Crippen LogP contribution in [0, 0.1) is 11.3 Å². The lowest BCUT2D eigenvalue weighted by molar-refractivity contribution is 0.147. The molecule has 4 nitrogen and oxygen atoms in total. The SMILES string of the molecule is CC1CCC(Oc2cc(C#N)ccn2)CN1. The van der Waals surface area contributed by atoms with Crippen molar-refractivity contribution in [3.8, 4) is 11.9 Å². The molecule has 4 heteroatoms. The lowest BCUT2D eigenvalue weighted by Gasteiger charge is -2.27. The van der Waals surface area contributed by atoms with Gasteiger partial charge in [0.25, 0.3) is 0 Å². The van der Waals surface area contributed by atoms with Crippen molar-refractivity contribution in [3.05, 3.63) is 23.9 Å². The molecular formula is C12H15N3O. The summed E-state index contributed by atoms with van der Waals surface area (Å²) in [4.78, 5) is 4.10. The summed E-state index contributed by atoms with van der Waals surface area (Å²) in [6, 6.07) is 6.00. The Morgan fingerprint density at radius 2 is 2.44 bits per heavy atom. The van der Waals surface area contributed by atoms with E-state index < -0.39 is 0 Å². The molecule has 0 aromatic carbocycles. The number of nitrogens with one attached hydrogen (secondary N) is 1. The fourth-order valence-corrected chi connectivity index (χ4v) is 1.79. The lowest BCUT2D eigenvalue weighted by atomic mass is 10.0. The molecule has 1 N–H and O–H groups in total. The first-order valence-electron chi connectivity index (χ1n) is 5.54. The van der Waals surface area contributed by atoms with Crippen LogP contribution in [0.4, 0.5) is 0 Å². The van der Waals surface area contributed by atoms with Crippen molar-refractivity contribution in [2.24, 2.45) is 0 Å². The lowest BCUT2D eigenvalue weighted by Crippen LogP contribution is -2.42. The first kappa shape index (κ1) is 10.9. The maximum Gasteiger partial charge on any atom is 0.214 e. The largest absolute Gasteiger partial charge is 0.473 e. The molecule has 0 bridgehead atoms. The molecule has 1 fully saturated rings. The van der Waals surface area contributed by atoms with E-state index in [-0.39, 0.29) is 6.10 Å². The second-order valence-corrected chi connectivity index (χ2v) is 4.12. The summed E-state index contributed by atoms with van der Waals surface area (Å²) < 4.78 is 5.72. The Labute approximate surface area is 95.3 Å². The monoisotopic (exact) mass is 217 g/mol. The summed E-state index contributed by atoms with van der Waals surface area (Å²) in [6.07, 6.45) is 3.92. The highest BCUT2D eigenvalue weighted by Crippen LogP contribution is 2.15. The Kier molecular flexibility index (Phi) is 3.37. The van der Waals surface area contributed by atoms with Crippen LogP contribution >= 0.6 is 0 Å². The van der Waals surface area contributed by atoms with E-state index in [1.165, 1.54) is 0 Å². The van der Waals surface area contributed by atoms with Gasteiger partial charge >= 0.3 is 0 Å². The van der Waals surface area contributed by atoms with Gasteiger partial charge in [0, 0.05) is 24.8 Å². The molecule has 0 spiro atoms. The molecule has 1 aliphatic heterocycles. The van der Waals surface area contributed by atoms with Crippen LogP contribution < -0.4 is 10.1 Å². The second kappa shape index (κ2) is 4.95. The van der Waals surface area contributed by atoms with Crippen LogP contribution in [0.15, 0.2) is 18.3 Å². The number of nitrogens with zero attached hydrogens (tertiary/aromatic N) is 2. The van der Waals surface area contributed by atoms with Gasteiger partial charge in [0.2, 0.25) is 5.88 Å². The molecule has 0 amide bonds. The number of ether oxygens (including phenoxy) is 1. The summed E-state index contributed by atoms with van der Waals surface area (Å²) in [7, 11) is 0. The van der Waals surface area contributed by atoms with Gasteiger partial charge in [-0.3, -0.25) is 0 Å². The van der Waals surface area contributed by atoms with Crippen molar-refractivity contribution in [1.82, 2.24) is 10.3 Å². The van der Waals surface area contributed by atoms with Crippen LogP contribution in [0.25, 0.3) is 0 Å². The molecule has 1 aromatic rings. The molecule has 0 aliphatic carbocycles. The zero-order valence-electron chi connectivity index (χ0n) is 9.31. The minimum Gasteiger partial charge on any atom is -0.473 e. The van der Waals surface area contributed by atoms with Gasteiger partial charge in [-0.25, -0.2) is 4.98 Å². The number of aromatic nitrogens is 1. The highest BCUT2D eigenvalue weighted by Gasteiger charge is 2.19. The van der Waals surface area contributed by atoms with E-state index in [1.807, 2.05) is 0 Å². The number of rotatable bonds is 2. The Hall–Kier alpha value is -1.60. The van der Waals surface area contributed by atoms with Crippen LogP contribution in [-0.4, -0.2) is 23.7 Å². The molecule has 84 valence electrons. The third kappa shape index (κ3) is 2.71. The van der Waals surface area contributed by atoms with Gasteiger partial charge in [0.05, 0.1) is 11.6 Å². The normalized spacial score (nSPS) is 24.8. The van der Waals surface area contributed by atoms with Crippen molar-refractivity contribution in [2.45, 2.75) is 31.9 Å². The average molecular weight is 217 g/mol. The van der Waals surface area contributed by atoms with E-state index >= 15 is 0 Å². The number of hydrogen-bond acceptors (Lipinski definition) is 4. The van der Waals surface area contributed by atoms with Crippen LogP contribution in [0.2, 0.25) is 0 Å². The first-order chi connectivity index (χ1) is 7.78. The molecule has 2 atom stereocenters. The number of piperidine rings is 1. The summed E-state index contributed by atoms with van der Waals surface area (Å²) >= 11 is 0. The standard InChI is InChI=1S/C12H15N3O/c1-9-2-3-11(8-15-9)16-12-6-10(7-13)4-5-14-12/h4-6,9,11,15H,2-3,8H2,1H3. The molecular weight excluding hydrogens is 202 g/mol. The fourth-order valence-electron chi connectivity index (χ4n) is 1.79.